The molecule has 0 atom stereocenters. The van der Waals surface area contributed by atoms with Gasteiger partial charge in [-0.15, -0.1) is 0 Å². The third-order valence-corrected chi connectivity index (χ3v) is 5.87. The highest BCUT2D eigenvalue weighted by atomic mass is 35.5. The number of halogens is 1. The lowest BCUT2D eigenvalue weighted by Crippen LogP contribution is -2.12. The van der Waals surface area contributed by atoms with Gasteiger partial charge in [0.1, 0.15) is 17.3 Å². The van der Waals surface area contributed by atoms with Gasteiger partial charge in [0.15, 0.2) is 11.0 Å². The summed E-state index contributed by atoms with van der Waals surface area (Å²) in [5.41, 5.74) is 2.06. The highest BCUT2D eigenvalue weighted by Crippen LogP contribution is 2.30. The van der Waals surface area contributed by atoms with E-state index in [-0.39, 0.29) is 16.8 Å². The predicted octanol–water partition coefficient (Wildman–Crippen LogP) is 6.48. The van der Waals surface area contributed by atoms with E-state index in [1.807, 2.05) is 66.7 Å². The van der Waals surface area contributed by atoms with Crippen LogP contribution in [0.4, 0.5) is 5.69 Å². The molecule has 0 radical (unpaired) electrons. The first-order chi connectivity index (χ1) is 18.9. The summed E-state index contributed by atoms with van der Waals surface area (Å²) < 4.78 is 12.7. The van der Waals surface area contributed by atoms with Crippen LogP contribution in [0.15, 0.2) is 103 Å². The smallest absolute Gasteiger partial charge is 0.308 e. The number of nitrogens with zero attached hydrogens (tertiary/aromatic N) is 3. The van der Waals surface area contributed by atoms with E-state index in [1.165, 1.54) is 6.92 Å². The second kappa shape index (κ2) is 11.6. The molecule has 0 aliphatic heterocycles. The van der Waals surface area contributed by atoms with Gasteiger partial charge >= 0.3 is 5.97 Å². The van der Waals surface area contributed by atoms with E-state index in [0.29, 0.717) is 35.1 Å². The Balaban J connectivity index is 1.25. The van der Waals surface area contributed by atoms with E-state index in [9.17, 15) is 9.59 Å². The molecule has 1 amide bonds. The summed E-state index contributed by atoms with van der Waals surface area (Å²) in [5, 5.41) is 2.94. The lowest BCUT2D eigenvalue weighted by atomic mass is 10.1. The molecule has 1 N–H and O–H groups in total. The van der Waals surface area contributed by atoms with Crippen LogP contribution in [-0.2, 0) is 11.2 Å². The van der Waals surface area contributed by atoms with Crippen LogP contribution in [0.25, 0.3) is 5.82 Å². The molecule has 2 aromatic heterocycles. The molecular weight excluding hydrogens is 516 g/mol. The number of ether oxygens (including phenoxy) is 2. The second-order valence-corrected chi connectivity index (χ2v) is 8.89. The maximum atomic E-state index is 12.7. The van der Waals surface area contributed by atoms with Gasteiger partial charge in [0.2, 0.25) is 5.75 Å². The first kappa shape index (κ1) is 25.7. The Morgan fingerprint density at radius 3 is 2.18 bits per heavy atom. The molecule has 9 heteroatoms. The molecule has 0 unspecified atom stereocenters. The zero-order valence-electron chi connectivity index (χ0n) is 20.9. The van der Waals surface area contributed by atoms with E-state index in [0.717, 1.165) is 11.3 Å². The lowest BCUT2D eigenvalue weighted by Gasteiger charge is -2.12. The van der Waals surface area contributed by atoms with Gasteiger partial charge in [-0.05, 0) is 66.2 Å². The fourth-order valence-electron chi connectivity index (χ4n) is 3.81. The average Bonchev–Trinajstić information content (AvgIpc) is 3.47. The SMILES string of the molecule is CC(=O)Oc1c(Cl)nc(Cc2ccc(NC(=O)c3ccc(Oc4ccccc4)cc3)cc2)nc1-n1cccc1. The molecule has 2 heterocycles. The second-order valence-electron chi connectivity index (χ2n) is 8.53. The van der Waals surface area contributed by atoms with Crippen molar-refractivity contribution in [3.63, 3.8) is 0 Å². The molecule has 39 heavy (non-hydrogen) atoms. The van der Waals surface area contributed by atoms with Gasteiger partial charge < -0.3 is 19.4 Å². The van der Waals surface area contributed by atoms with E-state index >= 15 is 0 Å². The van der Waals surface area contributed by atoms with Crippen LogP contribution in [-0.4, -0.2) is 26.4 Å². The molecule has 5 rings (SSSR count). The van der Waals surface area contributed by atoms with Crippen molar-refractivity contribution < 1.29 is 19.1 Å². The first-order valence-electron chi connectivity index (χ1n) is 12.1. The molecule has 0 saturated heterocycles. The summed E-state index contributed by atoms with van der Waals surface area (Å²) >= 11 is 6.36. The number of anilines is 1. The van der Waals surface area contributed by atoms with Crippen molar-refractivity contribution in [2.75, 3.05) is 5.32 Å². The minimum absolute atomic E-state index is 0.0444. The van der Waals surface area contributed by atoms with Crippen LogP contribution in [0.5, 0.6) is 17.2 Å². The summed E-state index contributed by atoms with van der Waals surface area (Å²) in [6, 6.07) is 27.4. The van der Waals surface area contributed by atoms with Crippen molar-refractivity contribution in [2.45, 2.75) is 13.3 Å². The molecule has 0 aliphatic rings. The molecule has 0 bridgehead atoms. The van der Waals surface area contributed by atoms with Crippen molar-refractivity contribution in [2.24, 2.45) is 0 Å². The van der Waals surface area contributed by atoms with E-state index in [1.54, 1.807) is 41.2 Å². The lowest BCUT2D eigenvalue weighted by molar-refractivity contribution is -0.131. The Kier molecular flexibility index (Phi) is 7.65. The van der Waals surface area contributed by atoms with Crippen LogP contribution in [0.3, 0.4) is 0 Å². The van der Waals surface area contributed by atoms with Crippen molar-refractivity contribution >= 4 is 29.2 Å². The van der Waals surface area contributed by atoms with Crippen LogP contribution in [0, 0.1) is 0 Å². The number of amides is 1. The Morgan fingerprint density at radius 2 is 1.51 bits per heavy atom. The number of carbonyl (C=O) groups excluding carboxylic acids is 2. The number of hydrogen-bond donors (Lipinski definition) is 1. The topological polar surface area (TPSA) is 95.3 Å². The van der Waals surface area contributed by atoms with Gasteiger partial charge in [-0.1, -0.05) is 41.9 Å². The maximum absolute atomic E-state index is 12.7. The largest absolute Gasteiger partial charge is 0.457 e. The Morgan fingerprint density at radius 1 is 0.846 bits per heavy atom. The average molecular weight is 539 g/mol. The first-order valence-corrected chi connectivity index (χ1v) is 12.4. The number of carbonyl (C=O) groups is 2. The maximum Gasteiger partial charge on any atom is 0.308 e. The zero-order chi connectivity index (χ0) is 27.2. The van der Waals surface area contributed by atoms with Crippen LogP contribution in [0.1, 0.15) is 28.7 Å². The Labute approximate surface area is 229 Å². The number of hydrogen-bond acceptors (Lipinski definition) is 6. The highest BCUT2D eigenvalue weighted by molar-refractivity contribution is 6.31. The van der Waals surface area contributed by atoms with Crippen LogP contribution in [0.2, 0.25) is 5.15 Å². The van der Waals surface area contributed by atoms with Gasteiger partial charge in [-0.3, -0.25) is 9.59 Å². The van der Waals surface area contributed by atoms with Crippen molar-refractivity contribution in [1.29, 1.82) is 0 Å². The van der Waals surface area contributed by atoms with E-state index in [4.69, 9.17) is 21.1 Å². The highest BCUT2D eigenvalue weighted by Gasteiger charge is 2.18. The number of benzene rings is 3. The zero-order valence-corrected chi connectivity index (χ0v) is 21.6. The van der Waals surface area contributed by atoms with Gasteiger partial charge in [-0.2, -0.15) is 0 Å². The molecular formula is C30H23ClN4O4. The third kappa shape index (κ3) is 6.49. The van der Waals surface area contributed by atoms with Crippen LogP contribution >= 0.6 is 11.6 Å². The molecule has 0 spiro atoms. The Hall–Kier alpha value is -4.95. The van der Waals surface area contributed by atoms with Crippen molar-refractivity contribution in [1.82, 2.24) is 14.5 Å². The van der Waals surface area contributed by atoms with Crippen molar-refractivity contribution in [3.8, 4) is 23.1 Å². The fraction of sp³-hybridized carbons (Fsp3) is 0.0667. The molecule has 3 aromatic carbocycles. The predicted molar refractivity (Wildman–Crippen MR) is 148 cm³/mol. The molecule has 0 aliphatic carbocycles. The fourth-order valence-corrected chi connectivity index (χ4v) is 4.03. The molecule has 0 fully saturated rings. The van der Waals surface area contributed by atoms with E-state index in [2.05, 4.69) is 15.3 Å². The van der Waals surface area contributed by atoms with Gasteiger partial charge in [0.05, 0.1) is 0 Å². The molecule has 0 saturated carbocycles. The van der Waals surface area contributed by atoms with Gasteiger partial charge in [0.25, 0.3) is 5.91 Å². The molecule has 194 valence electrons. The number of aromatic nitrogens is 3. The third-order valence-electron chi connectivity index (χ3n) is 5.62. The normalized spacial score (nSPS) is 10.6. The minimum atomic E-state index is -0.518. The number of rotatable bonds is 8. The van der Waals surface area contributed by atoms with Gasteiger partial charge in [0, 0.05) is 37.0 Å². The number of para-hydroxylation sites is 1. The van der Waals surface area contributed by atoms with Crippen LogP contribution < -0.4 is 14.8 Å². The standard InChI is InChI=1S/C30H23ClN4O4/c1-20(36)38-27-28(31)33-26(34-29(27)35-17-5-6-18-35)19-21-9-13-23(14-10-21)32-30(37)22-11-15-25(16-12-22)39-24-7-3-2-4-8-24/h2-18H,19H2,1H3,(H,32,37). The Bertz CT molecular complexity index is 1590. The summed E-state index contributed by atoms with van der Waals surface area (Å²) in [5.74, 6) is 1.54. The minimum Gasteiger partial charge on any atom is -0.457 e. The monoisotopic (exact) mass is 538 g/mol. The molecule has 5 aromatic rings. The quantitative estimate of drug-likeness (QED) is 0.179. The summed E-state index contributed by atoms with van der Waals surface area (Å²) in [6.07, 6.45) is 3.93. The van der Waals surface area contributed by atoms with Gasteiger partial charge in [-0.25, -0.2) is 9.97 Å². The summed E-state index contributed by atoms with van der Waals surface area (Å²) in [4.78, 5) is 33.2. The summed E-state index contributed by atoms with van der Waals surface area (Å²) in [7, 11) is 0. The van der Waals surface area contributed by atoms with E-state index < -0.39 is 5.97 Å². The van der Waals surface area contributed by atoms with Crippen molar-refractivity contribution in [3.05, 3.63) is 125 Å². The molecule has 8 nitrogen and oxygen atoms in total. The number of nitrogens with one attached hydrogen (secondary N) is 1. The summed E-state index contributed by atoms with van der Waals surface area (Å²) in [6.45, 7) is 1.29. The number of esters is 1.